The van der Waals surface area contributed by atoms with Gasteiger partial charge in [0.1, 0.15) is 11.4 Å². The minimum atomic E-state index is -0.450. The zero-order chi connectivity index (χ0) is 22.1. The molecule has 0 aliphatic carbocycles. The first-order chi connectivity index (χ1) is 14.2. The number of carbonyl (C=O) groups is 2. The molecule has 2 rings (SSSR count). The lowest BCUT2D eigenvalue weighted by Gasteiger charge is -2.33. The molecule has 1 aliphatic rings. The van der Waals surface area contributed by atoms with Gasteiger partial charge < -0.3 is 19.5 Å². The molecule has 6 heteroatoms. The Bertz CT molecular complexity index is 702. The van der Waals surface area contributed by atoms with Crippen LogP contribution >= 0.6 is 0 Å². The van der Waals surface area contributed by atoms with Gasteiger partial charge in [0.25, 0.3) is 0 Å². The van der Waals surface area contributed by atoms with E-state index in [9.17, 15) is 9.59 Å². The van der Waals surface area contributed by atoms with E-state index in [-0.39, 0.29) is 18.5 Å². The summed E-state index contributed by atoms with van der Waals surface area (Å²) in [5.74, 6) is 1.46. The van der Waals surface area contributed by atoms with E-state index >= 15 is 0 Å². The number of hydrogen-bond acceptors (Lipinski definition) is 5. The zero-order valence-corrected chi connectivity index (χ0v) is 18.9. The highest BCUT2D eigenvalue weighted by Crippen LogP contribution is 2.24. The molecule has 1 amide bonds. The van der Waals surface area contributed by atoms with Gasteiger partial charge in [-0.1, -0.05) is 0 Å². The topological polar surface area (TPSA) is 76.1 Å². The van der Waals surface area contributed by atoms with Crippen molar-refractivity contribution in [2.45, 2.75) is 71.8 Å². The Morgan fingerprint density at radius 3 is 2.47 bits per heavy atom. The molecule has 0 radical (unpaired) electrons. The number of amides is 1. The van der Waals surface area contributed by atoms with Crippen LogP contribution in [0, 0.1) is 12.8 Å². The van der Waals surface area contributed by atoms with Crippen molar-refractivity contribution < 1.29 is 24.2 Å². The Morgan fingerprint density at radius 1 is 1.17 bits per heavy atom. The molecule has 1 aliphatic heterocycles. The monoisotopic (exact) mass is 419 g/mol. The van der Waals surface area contributed by atoms with Crippen molar-refractivity contribution in [3.63, 3.8) is 0 Å². The van der Waals surface area contributed by atoms with Crippen LogP contribution in [0.15, 0.2) is 18.2 Å². The number of carbonyl (C=O) groups excluding carboxylic acids is 2. The van der Waals surface area contributed by atoms with Crippen LogP contribution in [0.2, 0.25) is 0 Å². The quantitative estimate of drug-likeness (QED) is 0.461. The minimum Gasteiger partial charge on any atom is -0.494 e. The molecule has 0 atom stereocenters. The smallest absolute Gasteiger partial charge is 0.410 e. The minimum absolute atomic E-state index is 0.0337. The lowest BCUT2D eigenvalue weighted by Crippen LogP contribution is -2.41. The first kappa shape index (κ1) is 24.2. The number of ether oxygens (including phenoxy) is 2. The highest BCUT2D eigenvalue weighted by molar-refractivity contribution is 5.97. The molecule has 1 saturated heterocycles. The average molecular weight is 420 g/mol. The van der Waals surface area contributed by atoms with Crippen molar-refractivity contribution in [3.05, 3.63) is 29.3 Å². The fourth-order valence-electron chi connectivity index (χ4n) is 3.71. The van der Waals surface area contributed by atoms with E-state index < -0.39 is 5.60 Å². The van der Waals surface area contributed by atoms with Crippen molar-refractivity contribution in [1.82, 2.24) is 4.90 Å². The summed E-state index contributed by atoms with van der Waals surface area (Å²) in [7, 11) is 0. The van der Waals surface area contributed by atoms with Crippen molar-refractivity contribution in [3.8, 4) is 5.75 Å². The molecular weight excluding hydrogens is 382 g/mol. The van der Waals surface area contributed by atoms with Crippen LogP contribution in [-0.4, -0.2) is 53.8 Å². The molecule has 1 heterocycles. The van der Waals surface area contributed by atoms with Gasteiger partial charge in [-0.15, -0.1) is 0 Å². The summed E-state index contributed by atoms with van der Waals surface area (Å²) in [4.78, 5) is 26.1. The third-order valence-electron chi connectivity index (χ3n) is 5.35. The largest absolute Gasteiger partial charge is 0.494 e. The van der Waals surface area contributed by atoms with Crippen molar-refractivity contribution in [2.75, 3.05) is 26.3 Å². The van der Waals surface area contributed by atoms with E-state index in [0.717, 1.165) is 50.1 Å². The van der Waals surface area contributed by atoms with Crippen LogP contribution < -0.4 is 4.74 Å². The number of piperidine rings is 1. The highest BCUT2D eigenvalue weighted by Gasteiger charge is 2.26. The molecule has 1 aromatic carbocycles. The van der Waals surface area contributed by atoms with Gasteiger partial charge in [-0.2, -0.15) is 0 Å². The molecule has 1 N–H and O–H groups in total. The third kappa shape index (κ3) is 7.98. The molecule has 0 spiro atoms. The fourth-order valence-corrected chi connectivity index (χ4v) is 3.71. The summed E-state index contributed by atoms with van der Waals surface area (Å²) in [5, 5.41) is 8.87. The van der Waals surface area contributed by atoms with Gasteiger partial charge in [0.05, 0.1) is 6.61 Å². The number of nitrogens with zero attached hydrogens (tertiary/aromatic N) is 1. The van der Waals surface area contributed by atoms with Crippen molar-refractivity contribution >= 4 is 11.9 Å². The Kier molecular flexibility index (Phi) is 9.15. The standard InChI is InChI=1S/C24H37NO5/c1-18-17-20(9-10-21(18)22(27)8-5-15-26)29-16-6-7-19-11-13-25(14-12-19)23(28)30-24(2,3)4/h9-10,17,19,26H,5-8,11-16H2,1-4H3. The lowest BCUT2D eigenvalue weighted by atomic mass is 9.92. The summed E-state index contributed by atoms with van der Waals surface area (Å²) in [6, 6.07) is 5.57. The maximum Gasteiger partial charge on any atom is 0.410 e. The second-order valence-electron chi connectivity index (χ2n) is 9.13. The summed E-state index contributed by atoms with van der Waals surface area (Å²) in [6.45, 7) is 9.77. The Morgan fingerprint density at radius 2 is 1.87 bits per heavy atom. The van der Waals surface area contributed by atoms with E-state index in [1.807, 2.05) is 50.8 Å². The normalized spacial score (nSPS) is 15.2. The zero-order valence-electron chi connectivity index (χ0n) is 18.9. The molecule has 0 saturated carbocycles. The molecule has 6 nitrogen and oxygen atoms in total. The average Bonchev–Trinajstić information content (AvgIpc) is 2.68. The number of hydrogen-bond donors (Lipinski definition) is 1. The maximum atomic E-state index is 12.1. The molecule has 0 bridgehead atoms. The number of aliphatic hydroxyl groups is 1. The number of rotatable bonds is 9. The van der Waals surface area contributed by atoms with Crippen LogP contribution in [0.4, 0.5) is 4.79 Å². The Labute approximate surface area is 180 Å². The van der Waals surface area contributed by atoms with E-state index in [1.165, 1.54) is 0 Å². The van der Waals surface area contributed by atoms with Gasteiger partial charge in [0.15, 0.2) is 5.78 Å². The van der Waals surface area contributed by atoms with Crippen LogP contribution in [0.3, 0.4) is 0 Å². The number of Topliss-reactive ketones (excluding diaryl/α,β-unsaturated/α-hetero) is 1. The Hall–Kier alpha value is -2.08. The molecule has 30 heavy (non-hydrogen) atoms. The first-order valence-electron chi connectivity index (χ1n) is 11.0. The van der Waals surface area contributed by atoms with Crippen LogP contribution in [0.25, 0.3) is 0 Å². The predicted molar refractivity (Wildman–Crippen MR) is 117 cm³/mol. The number of likely N-dealkylation sites (tertiary alicyclic amines) is 1. The molecular formula is C24H37NO5. The predicted octanol–water partition coefficient (Wildman–Crippen LogP) is 4.76. The molecule has 1 aromatic rings. The van der Waals surface area contributed by atoms with Crippen LogP contribution in [0.1, 0.15) is 75.2 Å². The summed E-state index contributed by atoms with van der Waals surface area (Å²) < 4.78 is 11.3. The summed E-state index contributed by atoms with van der Waals surface area (Å²) >= 11 is 0. The van der Waals surface area contributed by atoms with E-state index in [0.29, 0.717) is 30.9 Å². The second-order valence-corrected chi connectivity index (χ2v) is 9.13. The molecule has 0 aromatic heterocycles. The number of aliphatic hydroxyl groups excluding tert-OH is 1. The van der Waals surface area contributed by atoms with E-state index in [1.54, 1.807) is 0 Å². The SMILES string of the molecule is Cc1cc(OCCCC2CCN(C(=O)OC(C)(C)C)CC2)ccc1C(=O)CCCO. The number of benzene rings is 1. The summed E-state index contributed by atoms with van der Waals surface area (Å²) in [5.41, 5.74) is 1.16. The highest BCUT2D eigenvalue weighted by atomic mass is 16.6. The van der Waals surface area contributed by atoms with Gasteiger partial charge in [-0.05, 0) is 89.5 Å². The van der Waals surface area contributed by atoms with Crippen LogP contribution in [0.5, 0.6) is 5.75 Å². The third-order valence-corrected chi connectivity index (χ3v) is 5.35. The van der Waals surface area contributed by atoms with Gasteiger partial charge in [-0.3, -0.25) is 4.79 Å². The Balaban J connectivity index is 1.68. The van der Waals surface area contributed by atoms with Gasteiger partial charge in [-0.25, -0.2) is 4.79 Å². The number of ketones is 1. The van der Waals surface area contributed by atoms with Crippen molar-refractivity contribution in [1.29, 1.82) is 0 Å². The molecule has 0 unspecified atom stereocenters. The first-order valence-corrected chi connectivity index (χ1v) is 11.0. The molecule has 168 valence electrons. The van der Waals surface area contributed by atoms with E-state index in [4.69, 9.17) is 14.6 Å². The fraction of sp³-hybridized carbons (Fsp3) is 0.667. The number of aryl methyl sites for hydroxylation is 1. The van der Waals surface area contributed by atoms with Gasteiger partial charge >= 0.3 is 6.09 Å². The van der Waals surface area contributed by atoms with E-state index in [2.05, 4.69) is 0 Å². The van der Waals surface area contributed by atoms with Crippen LogP contribution in [-0.2, 0) is 4.74 Å². The lowest BCUT2D eigenvalue weighted by molar-refractivity contribution is 0.0179. The van der Waals surface area contributed by atoms with Gasteiger partial charge in [0, 0.05) is 31.7 Å². The second kappa shape index (κ2) is 11.3. The molecule has 1 fully saturated rings. The van der Waals surface area contributed by atoms with Gasteiger partial charge in [0.2, 0.25) is 0 Å². The maximum absolute atomic E-state index is 12.1. The summed E-state index contributed by atoms with van der Waals surface area (Å²) in [6.07, 6.45) is 4.70. The van der Waals surface area contributed by atoms with Crippen molar-refractivity contribution in [2.24, 2.45) is 5.92 Å².